The fourth-order valence-corrected chi connectivity index (χ4v) is 4.31. The highest BCUT2D eigenvalue weighted by molar-refractivity contribution is 8.00. The predicted molar refractivity (Wildman–Crippen MR) is 87.4 cm³/mol. The lowest BCUT2D eigenvalue weighted by Crippen LogP contribution is -2.34. The van der Waals surface area contributed by atoms with Crippen LogP contribution < -0.4 is 5.73 Å². The van der Waals surface area contributed by atoms with Gasteiger partial charge in [0, 0.05) is 16.2 Å². The smallest absolute Gasteiger partial charge is 0.0290 e. The molecule has 0 amide bonds. The van der Waals surface area contributed by atoms with E-state index in [0.717, 1.165) is 12.8 Å². The molecule has 2 aromatic rings. The molecule has 0 aromatic heterocycles. The number of aryl methyl sites for hydroxylation is 2. The van der Waals surface area contributed by atoms with E-state index in [1.54, 1.807) is 0 Å². The Morgan fingerprint density at radius 3 is 2.50 bits per heavy atom. The Labute approximate surface area is 125 Å². The highest BCUT2D eigenvalue weighted by atomic mass is 32.2. The molecule has 1 nitrogen and oxygen atoms in total. The lowest BCUT2D eigenvalue weighted by Gasteiger charge is -2.20. The molecule has 2 N–H and O–H groups in total. The molecule has 20 heavy (non-hydrogen) atoms. The van der Waals surface area contributed by atoms with Gasteiger partial charge in [-0.3, -0.25) is 0 Å². The minimum Gasteiger partial charge on any atom is -0.326 e. The van der Waals surface area contributed by atoms with E-state index in [9.17, 15) is 0 Å². The Balaban J connectivity index is 1.74. The molecule has 0 saturated heterocycles. The van der Waals surface area contributed by atoms with Gasteiger partial charge >= 0.3 is 0 Å². The van der Waals surface area contributed by atoms with Crippen LogP contribution in [0.2, 0.25) is 0 Å². The third-order valence-electron chi connectivity index (χ3n) is 4.23. The van der Waals surface area contributed by atoms with Gasteiger partial charge in [0.15, 0.2) is 0 Å². The molecule has 0 bridgehead atoms. The molecule has 1 heterocycles. The second-order valence-corrected chi connectivity index (χ2v) is 6.99. The van der Waals surface area contributed by atoms with Crippen molar-refractivity contribution in [2.45, 2.75) is 42.9 Å². The zero-order valence-corrected chi connectivity index (χ0v) is 12.9. The van der Waals surface area contributed by atoms with Gasteiger partial charge in [-0.05, 0) is 55.0 Å². The summed E-state index contributed by atoms with van der Waals surface area (Å²) in [5.41, 5.74) is 12.1. The molecule has 0 spiro atoms. The molecule has 2 unspecified atom stereocenters. The number of thioether (sulfide) groups is 1. The van der Waals surface area contributed by atoms with E-state index in [1.165, 1.54) is 27.1 Å². The fourth-order valence-electron chi connectivity index (χ4n) is 2.99. The minimum absolute atomic E-state index is 0.215. The third kappa shape index (κ3) is 2.63. The lowest BCUT2D eigenvalue weighted by molar-refractivity contribution is 0.629. The summed E-state index contributed by atoms with van der Waals surface area (Å²) in [6.07, 6.45) is 2.08. The molecule has 2 atom stereocenters. The van der Waals surface area contributed by atoms with Crippen molar-refractivity contribution in [3.05, 3.63) is 64.7 Å². The van der Waals surface area contributed by atoms with E-state index >= 15 is 0 Å². The topological polar surface area (TPSA) is 26.0 Å². The molecule has 3 rings (SSSR count). The first kappa shape index (κ1) is 13.7. The van der Waals surface area contributed by atoms with E-state index in [0.29, 0.717) is 5.25 Å². The van der Waals surface area contributed by atoms with Crippen LogP contribution in [0, 0.1) is 13.8 Å². The van der Waals surface area contributed by atoms with Gasteiger partial charge in [-0.25, -0.2) is 0 Å². The van der Waals surface area contributed by atoms with Gasteiger partial charge in [0.05, 0.1) is 0 Å². The Bertz CT molecular complexity index is 575. The second-order valence-electron chi connectivity index (χ2n) is 5.71. The van der Waals surface area contributed by atoms with Crippen LogP contribution in [-0.4, -0.2) is 11.3 Å². The zero-order valence-electron chi connectivity index (χ0n) is 12.1. The van der Waals surface area contributed by atoms with Gasteiger partial charge in [0.1, 0.15) is 0 Å². The average molecular weight is 283 g/mol. The maximum atomic E-state index is 6.51. The Morgan fingerprint density at radius 2 is 1.80 bits per heavy atom. The van der Waals surface area contributed by atoms with Crippen LogP contribution in [0.4, 0.5) is 0 Å². The summed E-state index contributed by atoms with van der Waals surface area (Å²) in [5, 5.41) is 0.506. The van der Waals surface area contributed by atoms with Crippen LogP contribution in [0.25, 0.3) is 0 Å². The van der Waals surface area contributed by atoms with E-state index in [4.69, 9.17) is 5.73 Å². The SMILES string of the molecule is Cc1cccc(C)c1CC(N)C1Cc2ccccc2S1. The maximum absolute atomic E-state index is 6.51. The zero-order chi connectivity index (χ0) is 14.1. The van der Waals surface area contributed by atoms with Crippen LogP contribution in [0.15, 0.2) is 47.4 Å². The van der Waals surface area contributed by atoms with Crippen molar-refractivity contribution in [3.8, 4) is 0 Å². The number of hydrogen-bond acceptors (Lipinski definition) is 2. The molecule has 2 heteroatoms. The number of fused-ring (bicyclic) bond motifs is 1. The van der Waals surface area contributed by atoms with E-state index < -0.39 is 0 Å². The summed E-state index contributed by atoms with van der Waals surface area (Å²) in [6.45, 7) is 4.37. The van der Waals surface area contributed by atoms with Crippen LogP contribution in [0.1, 0.15) is 22.3 Å². The molecule has 104 valence electrons. The molecule has 2 aromatic carbocycles. The molecule has 0 aliphatic carbocycles. The first-order valence-corrected chi connectivity index (χ1v) is 8.08. The Hall–Kier alpha value is -1.25. The number of benzene rings is 2. The minimum atomic E-state index is 0.215. The monoisotopic (exact) mass is 283 g/mol. The molecule has 1 aliphatic heterocycles. The van der Waals surface area contributed by atoms with Crippen molar-refractivity contribution in [2.75, 3.05) is 0 Å². The first-order chi connectivity index (χ1) is 9.65. The largest absolute Gasteiger partial charge is 0.326 e. The van der Waals surface area contributed by atoms with Gasteiger partial charge < -0.3 is 5.73 Å². The quantitative estimate of drug-likeness (QED) is 0.925. The highest BCUT2D eigenvalue weighted by Crippen LogP contribution is 2.38. The summed E-state index contributed by atoms with van der Waals surface area (Å²) >= 11 is 1.95. The van der Waals surface area contributed by atoms with Crippen molar-refractivity contribution < 1.29 is 0 Å². The van der Waals surface area contributed by atoms with Crippen LogP contribution in [0.3, 0.4) is 0 Å². The van der Waals surface area contributed by atoms with Gasteiger partial charge in [-0.1, -0.05) is 36.4 Å². The Kier molecular flexibility index (Phi) is 3.86. The summed E-state index contributed by atoms with van der Waals surface area (Å²) in [7, 11) is 0. The summed E-state index contributed by atoms with van der Waals surface area (Å²) in [4.78, 5) is 1.41. The molecule has 0 radical (unpaired) electrons. The number of nitrogens with two attached hydrogens (primary N) is 1. The maximum Gasteiger partial charge on any atom is 0.0290 e. The van der Waals surface area contributed by atoms with Gasteiger partial charge in [0.2, 0.25) is 0 Å². The Morgan fingerprint density at radius 1 is 1.10 bits per heavy atom. The fraction of sp³-hybridized carbons (Fsp3) is 0.333. The second kappa shape index (κ2) is 5.63. The van der Waals surface area contributed by atoms with E-state index in [1.807, 2.05) is 11.8 Å². The summed E-state index contributed by atoms with van der Waals surface area (Å²) in [5.74, 6) is 0. The first-order valence-electron chi connectivity index (χ1n) is 7.20. The van der Waals surface area contributed by atoms with Gasteiger partial charge in [-0.15, -0.1) is 11.8 Å². The van der Waals surface area contributed by atoms with Crippen molar-refractivity contribution >= 4 is 11.8 Å². The van der Waals surface area contributed by atoms with Gasteiger partial charge in [0.25, 0.3) is 0 Å². The van der Waals surface area contributed by atoms with Crippen molar-refractivity contribution in [2.24, 2.45) is 5.73 Å². The van der Waals surface area contributed by atoms with Crippen LogP contribution in [-0.2, 0) is 12.8 Å². The average Bonchev–Trinajstić information content (AvgIpc) is 2.87. The highest BCUT2D eigenvalue weighted by Gasteiger charge is 2.27. The normalized spacial score (nSPS) is 18.9. The number of hydrogen-bond donors (Lipinski definition) is 1. The molecule has 0 fully saturated rings. The number of rotatable bonds is 3. The van der Waals surface area contributed by atoms with E-state index in [-0.39, 0.29) is 6.04 Å². The third-order valence-corrected chi connectivity index (χ3v) is 5.71. The molecule has 0 saturated carbocycles. The predicted octanol–water partition coefficient (Wildman–Crippen LogP) is 3.89. The molecular weight excluding hydrogens is 262 g/mol. The lowest BCUT2D eigenvalue weighted by atomic mass is 9.94. The molecular formula is C18H21NS. The van der Waals surface area contributed by atoms with Crippen molar-refractivity contribution in [1.29, 1.82) is 0 Å². The van der Waals surface area contributed by atoms with Crippen molar-refractivity contribution in [3.63, 3.8) is 0 Å². The van der Waals surface area contributed by atoms with Crippen molar-refractivity contribution in [1.82, 2.24) is 0 Å². The van der Waals surface area contributed by atoms with Crippen LogP contribution >= 0.6 is 11.8 Å². The standard InChI is InChI=1S/C18H21NS/c1-12-6-5-7-13(2)15(12)11-16(19)18-10-14-8-3-4-9-17(14)20-18/h3-9,16,18H,10-11,19H2,1-2H3. The van der Waals surface area contributed by atoms with Gasteiger partial charge in [-0.2, -0.15) is 0 Å². The molecule has 1 aliphatic rings. The van der Waals surface area contributed by atoms with Crippen LogP contribution in [0.5, 0.6) is 0 Å². The van der Waals surface area contributed by atoms with E-state index in [2.05, 4.69) is 56.3 Å². The summed E-state index contributed by atoms with van der Waals surface area (Å²) in [6, 6.07) is 15.4. The summed E-state index contributed by atoms with van der Waals surface area (Å²) < 4.78 is 0.